The molecule has 1 aliphatic rings. The van der Waals surface area contributed by atoms with Crippen LogP contribution in [0.1, 0.15) is 45.7 Å². The summed E-state index contributed by atoms with van der Waals surface area (Å²) in [4.78, 5) is 13.0. The van der Waals surface area contributed by atoms with Crippen LogP contribution in [-0.2, 0) is 19.9 Å². The van der Waals surface area contributed by atoms with Crippen molar-refractivity contribution in [3.63, 3.8) is 0 Å². The summed E-state index contributed by atoms with van der Waals surface area (Å²) in [5.41, 5.74) is 4.54. The number of benzene rings is 2. The number of carbonyl (C=O) groups is 1. The van der Waals surface area contributed by atoms with Gasteiger partial charge in [-0.15, -0.1) is 0 Å². The molecule has 2 aromatic carbocycles. The van der Waals surface area contributed by atoms with Gasteiger partial charge in [0, 0.05) is 13.5 Å². The van der Waals surface area contributed by atoms with E-state index < -0.39 is 0 Å². The number of hydrogen-bond acceptors (Lipinski definition) is 2. The predicted molar refractivity (Wildman–Crippen MR) is 102 cm³/mol. The summed E-state index contributed by atoms with van der Waals surface area (Å²) in [6.45, 7) is 2.08. The number of aromatic nitrogens is 2. The van der Waals surface area contributed by atoms with Crippen LogP contribution in [0.4, 0.5) is 4.39 Å². The summed E-state index contributed by atoms with van der Waals surface area (Å²) in [6, 6.07) is 14.7. The van der Waals surface area contributed by atoms with Gasteiger partial charge in [0.15, 0.2) is 0 Å². The Morgan fingerprint density at radius 2 is 2.04 bits per heavy atom. The Bertz CT molecular complexity index is 980. The first-order valence-electron chi connectivity index (χ1n) is 9.17. The second-order valence-electron chi connectivity index (χ2n) is 7.27. The minimum atomic E-state index is -0.270. The average Bonchev–Trinajstić information content (AvgIpc) is 3.16. The van der Waals surface area contributed by atoms with Crippen molar-refractivity contribution < 1.29 is 9.18 Å². The number of hydrogen-bond donors (Lipinski definition) is 1. The lowest BCUT2D eigenvalue weighted by atomic mass is 10.0. The van der Waals surface area contributed by atoms with Crippen molar-refractivity contribution in [3.05, 3.63) is 88.5 Å². The molecule has 5 heteroatoms. The van der Waals surface area contributed by atoms with Gasteiger partial charge in [0.1, 0.15) is 5.82 Å². The highest BCUT2D eigenvalue weighted by atomic mass is 19.1. The van der Waals surface area contributed by atoms with Crippen LogP contribution < -0.4 is 5.32 Å². The molecular weight excluding hydrogens is 341 g/mol. The summed E-state index contributed by atoms with van der Waals surface area (Å²) in [6.07, 6.45) is 3.08. The number of amides is 1. The highest BCUT2D eigenvalue weighted by Gasteiger charge is 2.32. The highest BCUT2D eigenvalue weighted by Crippen LogP contribution is 2.36. The Morgan fingerprint density at radius 3 is 2.81 bits per heavy atom. The van der Waals surface area contributed by atoms with Gasteiger partial charge in [0.05, 0.1) is 23.5 Å². The topological polar surface area (TPSA) is 46.9 Å². The lowest BCUT2D eigenvalue weighted by Crippen LogP contribution is -2.31. The molecule has 0 radical (unpaired) electrons. The molecular formula is C22H22FN3O. The fraction of sp³-hybridized carbons (Fsp3) is 0.273. The van der Waals surface area contributed by atoms with Crippen molar-refractivity contribution in [2.75, 3.05) is 0 Å². The smallest absolute Gasteiger partial charge is 0.255 e. The maximum absolute atomic E-state index is 13.7. The van der Waals surface area contributed by atoms with Gasteiger partial charge in [-0.2, -0.15) is 5.10 Å². The standard InChI is InChI=1S/C22H22FN3O/c1-14-10-16-8-9-17(23)12-18(16)21(14)25-22(27)19-13-24-26(2)20(19)11-15-6-4-3-5-7-15/h3-9,12-14,21H,10-11H2,1-2H3,(H,25,27). The van der Waals surface area contributed by atoms with Crippen LogP contribution in [0.3, 0.4) is 0 Å². The molecule has 1 heterocycles. The van der Waals surface area contributed by atoms with E-state index in [1.165, 1.54) is 12.1 Å². The Balaban J connectivity index is 1.59. The van der Waals surface area contributed by atoms with E-state index in [2.05, 4.69) is 17.3 Å². The van der Waals surface area contributed by atoms with Gasteiger partial charge in [-0.3, -0.25) is 9.48 Å². The SMILES string of the molecule is CC1Cc2ccc(F)cc2C1NC(=O)c1cnn(C)c1Cc1ccccc1. The molecule has 1 aliphatic carbocycles. The fourth-order valence-electron chi connectivity index (χ4n) is 3.90. The number of fused-ring (bicyclic) bond motifs is 1. The van der Waals surface area contributed by atoms with Crippen LogP contribution in [0.25, 0.3) is 0 Å². The summed E-state index contributed by atoms with van der Waals surface area (Å²) in [5.74, 6) is -0.212. The van der Waals surface area contributed by atoms with Crippen molar-refractivity contribution in [2.24, 2.45) is 13.0 Å². The molecule has 0 aliphatic heterocycles. The summed E-state index contributed by atoms with van der Waals surface area (Å²) < 4.78 is 15.5. The van der Waals surface area contributed by atoms with E-state index in [9.17, 15) is 9.18 Å². The molecule has 27 heavy (non-hydrogen) atoms. The summed E-state index contributed by atoms with van der Waals surface area (Å²) in [7, 11) is 1.85. The van der Waals surface area contributed by atoms with Crippen molar-refractivity contribution in [1.82, 2.24) is 15.1 Å². The van der Waals surface area contributed by atoms with Gasteiger partial charge in [0.25, 0.3) is 5.91 Å². The molecule has 2 unspecified atom stereocenters. The minimum Gasteiger partial charge on any atom is -0.345 e. The Morgan fingerprint density at radius 1 is 1.26 bits per heavy atom. The van der Waals surface area contributed by atoms with Crippen molar-refractivity contribution in [1.29, 1.82) is 0 Å². The molecule has 1 amide bonds. The molecule has 2 atom stereocenters. The molecule has 4 rings (SSSR count). The Hall–Kier alpha value is -2.95. The van der Waals surface area contributed by atoms with E-state index in [0.29, 0.717) is 12.0 Å². The number of rotatable bonds is 4. The van der Waals surface area contributed by atoms with E-state index in [0.717, 1.165) is 28.8 Å². The molecule has 0 fully saturated rings. The summed E-state index contributed by atoms with van der Waals surface area (Å²) in [5, 5.41) is 7.39. The molecule has 138 valence electrons. The van der Waals surface area contributed by atoms with Gasteiger partial charge in [-0.1, -0.05) is 43.3 Å². The molecule has 3 aromatic rings. The van der Waals surface area contributed by atoms with Gasteiger partial charge >= 0.3 is 0 Å². The molecule has 0 spiro atoms. The minimum absolute atomic E-state index is 0.164. The zero-order chi connectivity index (χ0) is 19.0. The third kappa shape index (κ3) is 3.37. The van der Waals surface area contributed by atoms with Crippen molar-refractivity contribution >= 4 is 5.91 Å². The largest absolute Gasteiger partial charge is 0.345 e. The zero-order valence-corrected chi connectivity index (χ0v) is 15.4. The zero-order valence-electron chi connectivity index (χ0n) is 15.4. The van der Waals surface area contributed by atoms with Crippen LogP contribution in [0.2, 0.25) is 0 Å². The second-order valence-corrected chi connectivity index (χ2v) is 7.27. The predicted octanol–water partition coefficient (Wildman–Crippen LogP) is 3.81. The average molecular weight is 363 g/mol. The lowest BCUT2D eigenvalue weighted by molar-refractivity contribution is 0.0926. The van der Waals surface area contributed by atoms with E-state index in [1.54, 1.807) is 10.9 Å². The van der Waals surface area contributed by atoms with Crippen LogP contribution in [-0.4, -0.2) is 15.7 Å². The number of carbonyl (C=O) groups excluding carboxylic acids is 1. The lowest BCUT2D eigenvalue weighted by Gasteiger charge is -2.19. The maximum Gasteiger partial charge on any atom is 0.255 e. The molecule has 1 N–H and O–H groups in total. The van der Waals surface area contributed by atoms with Crippen LogP contribution >= 0.6 is 0 Å². The van der Waals surface area contributed by atoms with Crippen molar-refractivity contribution in [3.8, 4) is 0 Å². The van der Waals surface area contributed by atoms with E-state index >= 15 is 0 Å². The number of nitrogens with one attached hydrogen (secondary N) is 1. The number of aryl methyl sites for hydroxylation is 1. The first-order valence-corrected chi connectivity index (χ1v) is 9.17. The summed E-state index contributed by atoms with van der Waals surface area (Å²) >= 11 is 0. The van der Waals surface area contributed by atoms with Crippen LogP contribution in [0, 0.1) is 11.7 Å². The molecule has 0 saturated carbocycles. The molecule has 0 bridgehead atoms. The highest BCUT2D eigenvalue weighted by molar-refractivity contribution is 5.95. The Kier molecular flexibility index (Phi) is 4.52. The quantitative estimate of drug-likeness (QED) is 0.766. The fourth-order valence-corrected chi connectivity index (χ4v) is 3.90. The normalized spacial score (nSPS) is 18.3. The van der Waals surface area contributed by atoms with Gasteiger partial charge in [-0.25, -0.2) is 4.39 Å². The monoisotopic (exact) mass is 363 g/mol. The molecule has 0 saturated heterocycles. The first-order chi connectivity index (χ1) is 13.0. The van der Waals surface area contributed by atoms with Gasteiger partial charge in [0.2, 0.25) is 0 Å². The van der Waals surface area contributed by atoms with Crippen LogP contribution in [0.5, 0.6) is 0 Å². The number of halogens is 1. The van der Waals surface area contributed by atoms with Gasteiger partial charge < -0.3 is 5.32 Å². The van der Waals surface area contributed by atoms with E-state index in [4.69, 9.17) is 0 Å². The van der Waals surface area contributed by atoms with Crippen LogP contribution in [0.15, 0.2) is 54.7 Å². The first kappa shape index (κ1) is 17.5. The Labute approximate surface area is 158 Å². The van der Waals surface area contributed by atoms with E-state index in [1.807, 2.05) is 43.4 Å². The molecule has 4 nitrogen and oxygen atoms in total. The third-order valence-corrected chi connectivity index (χ3v) is 5.36. The second kappa shape index (κ2) is 6.99. The van der Waals surface area contributed by atoms with Gasteiger partial charge in [-0.05, 0) is 41.2 Å². The van der Waals surface area contributed by atoms with E-state index in [-0.39, 0.29) is 23.7 Å². The maximum atomic E-state index is 13.7. The number of nitrogens with zero attached hydrogens (tertiary/aromatic N) is 2. The van der Waals surface area contributed by atoms with Crippen molar-refractivity contribution in [2.45, 2.75) is 25.8 Å². The molecule has 1 aromatic heterocycles. The third-order valence-electron chi connectivity index (χ3n) is 5.36.